The molecule has 10 heteroatoms. The van der Waals surface area contributed by atoms with E-state index in [0.29, 0.717) is 45.4 Å². The molecule has 3 N–H and O–H groups in total. The average Bonchev–Trinajstić information content (AvgIpc) is 3.25. The molecule has 0 radical (unpaired) electrons. The molecule has 9 nitrogen and oxygen atoms in total. The lowest BCUT2D eigenvalue weighted by Crippen LogP contribution is -2.26. The number of rotatable bonds is 11. The zero-order valence-corrected chi connectivity index (χ0v) is 20.2. The SMILES string of the molecule is CCNC(=O)c1cc2c(/C(=N/OCCN(CC)CC)c3cccc(OC)c3)nc(N)nc2s1. The molecule has 0 fully saturated rings. The minimum absolute atomic E-state index is 0.0977. The largest absolute Gasteiger partial charge is 0.497 e. The maximum absolute atomic E-state index is 12.4. The highest BCUT2D eigenvalue weighted by Crippen LogP contribution is 2.29. The van der Waals surface area contributed by atoms with Crippen LogP contribution in [-0.4, -0.2) is 66.4 Å². The molecule has 0 bridgehead atoms. The summed E-state index contributed by atoms with van der Waals surface area (Å²) in [5.41, 5.74) is 7.77. The molecule has 33 heavy (non-hydrogen) atoms. The topological polar surface area (TPSA) is 115 Å². The van der Waals surface area contributed by atoms with Crippen LogP contribution >= 0.6 is 11.3 Å². The van der Waals surface area contributed by atoms with Crippen LogP contribution < -0.4 is 15.8 Å². The summed E-state index contributed by atoms with van der Waals surface area (Å²) in [6.07, 6.45) is 0. The summed E-state index contributed by atoms with van der Waals surface area (Å²) >= 11 is 1.26. The second kappa shape index (κ2) is 11.6. The Morgan fingerprint density at radius 2 is 2.00 bits per heavy atom. The molecule has 0 aliphatic carbocycles. The Bertz CT molecular complexity index is 1130. The molecule has 0 saturated heterocycles. The maximum Gasteiger partial charge on any atom is 0.261 e. The van der Waals surface area contributed by atoms with Gasteiger partial charge in [0.1, 0.15) is 28.6 Å². The summed E-state index contributed by atoms with van der Waals surface area (Å²) in [6, 6.07) is 9.24. The number of carbonyl (C=O) groups excluding carboxylic acids is 1. The van der Waals surface area contributed by atoms with Crippen LogP contribution in [0.5, 0.6) is 5.75 Å². The van der Waals surface area contributed by atoms with Crippen LogP contribution in [0.2, 0.25) is 0 Å². The first kappa shape index (κ1) is 24.4. The highest BCUT2D eigenvalue weighted by molar-refractivity contribution is 7.20. The van der Waals surface area contributed by atoms with Crippen molar-refractivity contribution in [1.29, 1.82) is 0 Å². The summed E-state index contributed by atoms with van der Waals surface area (Å²) in [7, 11) is 1.61. The van der Waals surface area contributed by atoms with Crippen LogP contribution in [0.3, 0.4) is 0 Å². The number of amides is 1. The van der Waals surface area contributed by atoms with Crippen molar-refractivity contribution in [2.75, 3.05) is 45.6 Å². The van der Waals surface area contributed by atoms with Gasteiger partial charge in [-0.3, -0.25) is 4.79 Å². The van der Waals surface area contributed by atoms with E-state index in [4.69, 9.17) is 15.3 Å². The molecule has 3 rings (SSSR count). The molecule has 1 aromatic carbocycles. The number of nitrogen functional groups attached to an aromatic ring is 1. The number of ether oxygens (including phenoxy) is 1. The number of nitrogens with one attached hydrogen (secondary N) is 1. The number of methoxy groups -OCH3 is 1. The van der Waals surface area contributed by atoms with Crippen molar-refractivity contribution in [3.05, 3.63) is 46.5 Å². The Kier molecular flexibility index (Phi) is 8.56. The average molecular weight is 471 g/mol. The molecule has 1 amide bonds. The molecular weight excluding hydrogens is 440 g/mol. The summed E-state index contributed by atoms with van der Waals surface area (Å²) < 4.78 is 5.39. The third-order valence-electron chi connectivity index (χ3n) is 5.09. The Morgan fingerprint density at radius 1 is 1.21 bits per heavy atom. The summed E-state index contributed by atoms with van der Waals surface area (Å²) in [6.45, 7) is 9.67. The fraction of sp³-hybridized carbons (Fsp3) is 0.391. The van der Waals surface area contributed by atoms with Gasteiger partial charge in [-0.1, -0.05) is 31.1 Å². The van der Waals surface area contributed by atoms with Gasteiger partial charge < -0.3 is 25.5 Å². The number of thiophene rings is 1. The number of likely N-dealkylation sites (N-methyl/N-ethyl adjacent to an activating group) is 1. The van der Waals surface area contributed by atoms with Crippen molar-refractivity contribution in [3.8, 4) is 5.75 Å². The van der Waals surface area contributed by atoms with Crippen molar-refractivity contribution in [1.82, 2.24) is 20.2 Å². The summed E-state index contributed by atoms with van der Waals surface area (Å²) in [4.78, 5) is 30.3. The predicted molar refractivity (Wildman–Crippen MR) is 132 cm³/mol. The Morgan fingerprint density at radius 3 is 2.70 bits per heavy atom. The number of nitrogens with two attached hydrogens (primary N) is 1. The van der Waals surface area contributed by atoms with Crippen molar-refractivity contribution in [3.63, 3.8) is 0 Å². The van der Waals surface area contributed by atoms with E-state index >= 15 is 0 Å². The fourth-order valence-corrected chi connectivity index (χ4v) is 4.26. The van der Waals surface area contributed by atoms with Gasteiger partial charge in [-0.25, -0.2) is 9.97 Å². The second-order valence-electron chi connectivity index (χ2n) is 7.15. The van der Waals surface area contributed by atoms with Crippen molar-refractivity contribution < 1.29 is 14.4 Å². The van der Waals surface area contributed by atoms with Crippen LogP contribution in [0.4, 0.5) is 5.95 Å². The number of anilines is 1. The number of nitrogens with zero attached hydrogens (tertiary/aromatic N) is 4. The van der Waals surface area contributed by atoms with Crippen LogP contribution in [0.15, 0.2) is 35.5 Å². The van der Waals surface area contributed by atoms with Crippen LogP contribution in [0.1, 0.15) is 41.7 Å². The van der Waals surface area contributed by atoms with Crippen LogP contribution in [0, 0.1) is 0 Å². The second-order valence-corrected chi connectivity index (χ2v) is 8.18. The number of fused-ring (bicyclic) bond motifs is 1. The van der Waals surface area contributed by atoms with Gasteiger partial charge in [0.2, 0.25) is 5.95 Å². The first-order valence-electron chi connectivity index (χ1n) is 10.9. The third kappa shape index (κ3) is 5.96. The van der Waals surface area contributed by atoms with Gasteiger partial charge in [0.05, 0.1) is 12.0 Å². The van der Waals surface area contributed by atoms with E-state index in [-0.39, 0.29) is 11.9 Å². The monoisotopic (exact) mass is 470 g/mol. The lowest BCUT2D eigenvalue weighted by molar-refractivity contribution is 0.0960. The molecule has 0 aliphatic rings. The van der Waals surface area contributed by atoms with Gasteiger partial charge in [-0.05, 0) is 38.2 Å². The molecule has 0 saturated carbocycles. The van der Waals surface area contributed by atoms with E-state index in [1.807, 2.05) is 31.2 Å². The fourth-order valence-electron chi connectivity index (χ4n) is 3.30. The molecule has 176 valence electrons. The zero-order valence-electron chi connectivity index (χ0n) is 19.4. The smallest absolute Gasteiger partial charge is 0.261 e. The highest BCUT2D eigenvalue weighted by Gasteiger charge is 2.20. The van der Waals surface area contributed by atoms with Gasteiger partial charge in [0.15, 0.2) is 0 Å². The molecule has 0 aliphatic heterocycles. The number of hydrogen-bond donors (Lipinski definition) is 2. The van der Waals surface area contributed by atoms with E-state index in [9.17, 15) is 4.79 Å². The molecule has 2 heterocycles. The molecule has 0 spiro atoms. The van der Waals surface area contributed by atoms with E-state index in [0.717, 1.165) is 25.2 Å². The number of oxime groups is 1. The predicted octanol–water partition coefficient (Wildman–Crippen LogP) is 3.14. The Balaban J connectivity index is 2.07. The molecular formula is C23H30N6O3S. The summed E-state index contributed by atoms with van der Waals surface area (Å²) in [5, 5.41) is 7.95. The molecule has 0 unspecified atom stereocenters. The first-order chi connectivity index (χ1) is 16.0. The Labute approximate surface area is 197 Å². The minimum Gasteiger partial charge on any atom is -0.497 e. The van der Waals surface area contributed by atoms with Crippen LogP contribution in [0.25, 0.3) is 10.2 Å². The van der Waals surface area contributed by atoms with Gasteiger partial charge in [0.25, 0.3) is 5.91 Å². The van der Waals surface area contributed by atoms with Gasteiger partial charge in [0, 0.05) is 24.0 Å². The normalized spacial score (nSPS) is 11.7. The van der Waals surface area contributed by atoms with Crippen molar-refractivity contribution in [2.45, 2.75) is 20.8 Å². The van der Waals surface area contributed by atoms with E-state index in [1.54, 1.807) is 13.2 Å². The molecule has 0 atom stereocenters. The number of hydrogen-bond acceptors (Lipinski definition) is 9. The number of benzene rings is 1. The minimum atomic E-state index is -0.166. The van der Waals surface area contributed by atoms with Gasteiger partial charge in [-0.2, -0.15) is 0 Å². The third-order valence-corrected chi connectivity index (χ3v) is 6.12. The van der Waals surface area contributed by atoms with E-state index in [1.165, 1.54) is 11.3 Å². The maximum atomic E-state index is 12.4. The lowest BCUT2D eigenvalue weighted by atomic mass is 10.0. The van der Waals surface area contributed by atoms with Crippen LogP contribution in [-0.2, 0) is 4.84 Å². The van der Waals surface area contributed by atoms with Gasteiger partial charge >= 0.3 is 0 Å². The molecule has 2 aromatic heterocycles. The number of carbonyl (C=O) groups is 1. The number of aromatic nitrogens is 2. The molecule has 3 aromatic rings. The quantitative estimate of drug-likeness (QED) is 0.251. The van der Waals surface area contributed by atoms with E-state index < -0.39 is 0 Å². The van der Waals surface area contributed by atoms with Crippen molar-refractivity contribution in [2.24, 2.45) is 5.16 Å². The van der Waals surface area contributed by atoms with E-state index in [2.05, 4.69) is 39.2 Å². The van der Waals surface area contributed by atoms with Gasteiger partial charge in [-0.15, -0.1) is 11.3 Å². The Hall–Kier alpha value is -3.24. The lowest BCUT2D eigenvalue weighted by Gasteiger charge is -2.17. The van der Waals surface area contributed by atoms with Crippen molar-refractivity contribution >= 4 is 39.1 Å². The first-order valence-corrected chi connectivity index (χ1v) is 11.7. The highest BCUT2D eigenvalue weighted by atomic mass is 32.1. The summed E-state index contributed by atoms with van der Waals surface area (Å²) in [5.74, 6) is 0.607. The zero-order chi connectivity index (χ0) is 23.8. The standard InChI is InChI=1S/C23H30N6O3S/c1-5-25-21(30)18-14-17-20(26-23(24)27-22(17)33-18)19(15-9-8-10-16(13-15)31-4)28-32-12-11-29(6-2)7-3/h8-10,13-14H,5-7,11-12H2,1-4H3,(H,25,30)(H2,24,26,27)/b28-19+.